The van der Waals surface area contributed by atoms with Crippen LogP contribution in [0.25, 0.3) is 0 Å². The van der Waals surface area contributed by atoms with Gasteiger partial charge in [0.05, 0.1) is 12.2 Å². The molecule has 0 amide bonds. The summed E-state index contributed by atoms with van der Waals surface area (Å²) in [5, 5.41) is 2.85. The number of likely N-dealkylation sites (N-methyl/N-ethyl adjacent to an activating group) is 1. The third-order valence-electron chi connectivity index (χ3n) is 2.56. The molecule has 1 aromatic heterocycles. The molecule has 18 heavy (non-hydrogen) atoms. The number of rotatable bonds is 6. The minimum atomic E-state index is -4.19. The molecule has 7 heteroatoms. The largest absolute Gasteiger partial charge is 0.401 e. The summed E-state index contributed by atoms with van der Waals surface area (Å²) in [7, 11) is 1.72. The van der Waals surface area contributed by atoms with Gasteiger partial charge < -0.3 is 10.3 Å². The lowest BCUT2D eigenvalue weighted by Crippen LogP contribution is -2.38. The second-order valence-electron chi connectivity index (χ2n) is 4.32. The van der Waals surface area contributed by atoms with Crippen molar-refractivity contribution in [3.8, 4) is 0 Å². The topological polar surface area (TPSA) is 44.0 Å². The third-order valence-corrected chi connectivity index (χ3v) is 2.56. The number of aromatic nitrogens is 2. The van der Waals surface area contributed by atoms with Gasteiger partial charge in [0.2, 0.25) is 0 Å². The number of aryl methyl sites for hydroxylation is 2. The van der Waals surface area contributed by atoms with E-state index in [1.165, 1.54) is 4.90 Å². The molecule has 0 unspecified atom stereocenters. The van der Waals surface area contributed by atoms with E-state index in [4.69, 9.17) is 0 Å². The van der Waals surface area contributed by atoms with Crippen molar-refractivity contribution in [1.29, 1.82) is 0 Å². The Balaban J connectivity index is 2.68. The van der Waals surface area contributed by atoms with Crippen LogP contribution in [-0.4, -0.2) is 47.7 Å². The summed E-state index contributed by atoms with van der Waals surface area (Å²) in [6, 6.07) is 0. The van der Waals surface area contributed by atoms with Crippen LogP contribution in [0.1, 0.15) is 17.2 Å². The smallest absolute Gasteiger partial charge is 0.346 e. The Morgan fingerprint density at radius 2 is 2.00 bits per heavy atom. The summed E-state index contributed by atoms with van der Waals surface area (Å²) in [5.41, 5.74) is 1.50. The number of H-pyrrole nitrogens is 1. The lowest BCUT2D eigenvalue weighted by Gasteiger charge is -2.22. The number of imidazole rings is 1. The molecule has 0 fully saturated rings. The van der Waals surface area contributed by atoms with Gasteiger partial charge in [0.1, 0.15) is 5.82 Å². The fourth-order valence-electron chi connectivity index (χ4n) is 1.76. The summed E-state index contributed by atoms with van der Waals surface area (Å²) in [6.45, 7) is 3.74. The maximum atomic E-state index is 12.5. The molecule has 104 valence electrons. The highest BCUT2D eigenvalue weighted by Crippen LogP contribution is 2.18. The molecule has 0 spiro atoms. The first-order valence-corrected chi connectivity index (χ1v) is 5.77. The lowest BCUT2D eigenvalue weighted by atomic mass is 10.3. The number of nitrogens with zero attached hydrogens (tertiary/aromatic N) is 2. The zero-order valence-corrected chi connectivity index (χ0v) is 10.9. The quantitative estimate of drug-likeness (QED) is 0.820. The van der Waals surface area contributed by atoms with Crippen molar-refractivity contribution in [2.24, 2.45) is 0 Å². The molecule has 1 aromatic rings. The van der Waals surface area contributed by atoms with Crippen LogP contribution in [-0.2, 0) is 6.54 Å². The fraction of sp³-hybridized carbons (Fsp3) is 0.727. The summed E-state index contributed by atoms with van der Waals surface area (Å²) >= 11 is 0. The third kappa shape index (κ3) is 5.05. The maximum Gasteiger partial charge on any atom is 0.401 e. The first-order chi connectivity index (χ1) is 8.31. The van der Waals surface area contributed by atoms with Gasteiger partial charge in [0.15, 0.2) is 0 Å². The van der Waals surface area contributed by atoms with Crippen LogP contribution in [0.3, 0.4) is 0 Å². The number of alkyl halides is 3. The van der Waals surface area contributed by atoms with Crippen LogP contribution >= 0.6 is 0 Å². The van der Waals surface area contributed by atoms with Gasteiger partial charge in [-0.2, -0.15) is 13.2 Å². The van der Waals surface area contributed by atoms with Gasteiger partial charge >= 0.3 is 6.18 Å². The maximum absolute atomic E-state index is 12.5. The molecule has 0 aliphatic carbocycles. The Kier molecular flexibility index (Phi) is 5.15. The Hall–Kier alpha value is -1.08. The number of hydrogen-bond donors (Lipinski definition) is 2. The van der Waals surface area contributed by atoms with Crippen LogP contribution in [0.2, 0.25) is 0 Å². The molecule has 0 aliphatic heterocycles. The van der Waals surface area contributed by atoms with Crippen molar-refractivity contribution in [1.82, 2.24) is 20.2 Å². The van der Waals surface area contributed by atoms with Crippen molar-refractivity contribution < 1.29 is 13.2 Å². The monoisotopic (exact) mass is 264 g/mol. The highest BCUT2D eigenvalue weighted by molar-refractivity contribution is 5.12. The van der Waals surface area contributed by atoms with Crippen molar-refractivity contribution in [2.75, 3.05) is 26.7 Å². The minimum Gasteiger partial charge on any atom is -0.346 e. The summed E-state index contributed by atoms with van der Waals surface area (Å²) in [4.78, 5) is 8.55. The average molecular weight is 264 g/mol. The highest BCUT2D eigenvalue weighted by atomic mass is 19.4. The SMILES string of the molecule is CNCCN(Cc1nc(C)[nH]c1C)CC(F)(F)F. The van der Waals surface area contributed by atoms with Crippen LogP contribution < -0.4 is 5.32 Å². The van der Waals surface area contributed by atoms with E-state index in [0.29, 0.717) is 18.8 Å². The molecule has 1 heterocycles. The minimum absolute atomic E-state index is 0.206. The second-order valence-corrected chi connectivity index (χ2v) is 4.32. The predicted molar refractivity (Wildman–Crippen MR) is 63.3 cm³/mol. The van der Waals surface area contributed by atoms with Crippen LogP contribution in [0.5, 0.6) is 0 Å². The van der Waals surface area contributed by atoms with Crippen molar-refractivity contribution in [3.05, 3.63) is 17.2 Å². The van der Waals surface area contributed by atoms with Gasteiger partial charge in [-0.1, -0.05) is 0 Å². The summed E-state index contributed by atoms with van der Waals surface area (Å²) < 4.78 is 37.4. The molecule has 0 saturated carbocycles. The Labute approximate surface area is 105 Å². The predicted octanol–water partition coefficient (Wildman–Crippen LogP) is 1.61. The Morgan fingerprint density at radius 3 is 2.44 bits per heavy atom. The number of nitrogens with one attached hydrogen (secondary N) is 2. The molecule has 0 aliphatic rings. The summed E-state index contributed by atoms with van der Waals surface area (Å²) in [5.74, 6) is 0.725. The molecular weight excluding hydrogens is 245 g/mol. The van der Waals surface area contributed by atoms with Crippen LogP contribution in [0.4, 0.5) is 13.2 Å². The van der Waals surface area contributed by atoms with E-state index in [9.17, 15) is 13.2 Å². The Morgan fingerprint density at radius 1 is 1.33 bits per heavy atom. The van der Waals surface area contributed by atoms with E-state index in [1.807, 2.05) is 6.92 Å². The number of halogens is 3. The highest BCUT2D eigenvalue weighted by Gasteiger charge is 2.30. The molecule has 0 atom stereocenters. The van der Waals surface area contributed by atoms with E-state index in [2.05, 4.69) is 15.3 Å². The normalized spacial score (nSPS) is 12.4. The first-order valence-electron chi connectivity index (χ1n) is 5.77. The zero-order chi connectivity index (χ0) is 13.8. The van der Waals surface area contributed by atoms with Crippen molar-refractivity contribution in [2.45, 2.75) is 26.6 Å². The van der Waals surface area contributed by atoms with Gasteiger partial charge in [-0.05, 0) is 20.9 Å². The Bertz CT molecular complexity index is 373. The van der Waals surface area contributed by atoms with E-state index in [0.717, 1.165) is 11.5 Å². The number of aromatic amines is 1. The van der Waals surface area contributed by atoms with Crippen molar-refractivity contribution in [3.63, 3.8) is 0 Å². The lowest BCUT2D eigenvalue weighted by molar-refractivity contribution is -0.147. The fourth-order valence-corrected chi connectivity index (χ4v) is 1.76. The second kappa shape index (κ2) is 6.19. The molecular formula is C11H19F3N4. The molecule has 0 radical (unpaired) electrons. The molecule has 2 N–H and O–H groups in total. The van der Waals surface area contributed by atoms with Gasteiger partial charge in [0.25, 0.3) is 0 Å². The van der Waals surface area contributed by atoms with E-state index in [-0.39, 0.29) is 6.54 Å². The summed E-state index contributed by atoms with van der Waals surface area (Å²) in [6.07, 6.45) is -4.19. The van der Waals surface area contributed by atoms with E-state index < -0.39 is 12.7 Å². The molecule has 1 rings (SSSR count). The molecule has 0 aromatic carbocycles. The van der Waals surface area contributed by atoms with Gasteiger partial charge in [-0.25, -0.2) is 4.98 Å². The van der Waals surface area contributed by atoms with Gasteiger partial charge in [-0.3, -0.25) is 4.90 Å². The van der Waals surface area contributed by atoms with E-state index in [1.54, 1.807) is 14.0 Å². The van der Waals surface area contributed by atoms with Gasteiger partial charge in [0, 0.05) is 25.3 Å². The van der Waals surface area contributed by atoms with Crippen LogP contribution in [0, 0.1) is 13.8 Å². The standard InChI is InChI=1S/C11H19F3N4/c1-8-10(17-9(2)16-8)6-18(5-4-15-3)7-11(12,13)14/h15H,4-7H2,1-3H3,(H,16,17). The zero-order valence-electron chi connectivity index (χ0n) is 10.9. The number of hydrogen-bond acceptors (Lipinski definition) is 3. The molecule has 4 nitrogen and oxygen atoms in total. The van der Waals surface area contributed by atoms with E-state index >= 15 is 0 Å². The average Bonchev–Trinajstić information content (AvgIpc) is 2.52. The van der Waals surface area contributed by atoms with Crippen LogP contribution in [0.15, 0.2) is 0 Å². The first kappa shape index (κ1) is 15.0. The molecule has 0 bridgehead atoms. The molecule has 0 saturated heterocycles. The van der Waals surface area contributed by atoms with Gasteiger partial charge in [-0.15, -0.1) is 0 Å². The van der Waals surface area contributed by atoms with Crippen molar-refractivity contribution >= 4 is 0 Å².